The minimum atomic E-state index is 0.197. The Morgan fingerprint density at radius 3 is 2.38 bits per heavy atom. The Morgan fingerprint density at radius 1 is 1.03 bits per heavy atom. The van der Waals surface area contributed by atoms with Gasteiger partial charge in [0.05, 0.1) is 48.6 Å². The first-order chi connectivity index (χ1) is 16.5. The van der Waals surface area contributed by atoms with Gasteiger partial charge in [0.25, 0.3) is 0 Å². The number of nitrogens with zero attached hydrogens (tertiary/aromatic N) is 4. The number of anilines is 2. The molecular formula is C23H26Cl2N6O3. The van der Waals surface area contributed by atoms with Crippen LogP contribution in [0.2, 0.25) is 10.0 Å². The highest BCUT2D eigenvalue weighted by molar-refractivity contribution is 6.41. The largest absolute Gasteiger partial charge is 0.495 e. The van der Waals surface area contributed by atoms with Crippen LogP contribution in [-0.2, 0) is 4.74 Å². The third kappa shape index (κ3) is 4.40. The van der Waals surface area contributed by atoms with Crippen LogP contribution in [-0.4, -0.2) is 79.5 Å². The highest BCUT2D eigenvalue weighted by Gasteiger charge is 2.26. The van der Waals surface area contributed by atoms with Crippen LogP contribution in [0.1, 0.15) is 6.42 Å². The van der Waals surface area contributed by atoms with Gasteiger partial charge in [-0.2, -0.15) is 0 Å². The van der Waals surface area contributed by atoms with Crippen molar-refractivity contribution in [3.05, 3.63) is 28.4 Å². The predicted molar refractivity (Wildman–Crippen MR) is 134 cm³/mol. The highest BCUT2D eigenvalue weighted by atomic mass is 35.5. The van der Waals surface area contributed by atoms with Crippen molar-refractivity contribution in [1.29, 1.82) is 0 Å². The van der Waals surface area contributed by atoms with E-state index in [1.54, 1.807) is 26.5 Å². The number of likely N-dealkylation sites (N-methyl/N-ethyl adjacent to an activating group) is 1. The standard InChI is InChI=1S/C23H26Cl2N6O3/c1-31-9-14(10-31)27-22-21-12(8-26-23(30-21)28-13-4-5-34-11-13)6-15(29-22)18-19(24)16(32-2)7-17(33-3)20(18)25/h6-8,13-14H,4-5,9-11H2,1-3H3,(H,27,29)(H,26,28,30). The van der Waals surface area contributed by atoms with Crippen LogP contribution in [0, 0.1) is 0 Å². The molecular weight excluding hydrogens is 479 g/mol. The molecule has 3 aromatic rings. The summed E-state index contributed by atoms with van der Waals surface area (Å²) in [7, 11) is 5.17. The van der Waals surface area contributed by atoms with Gasteiger partial charge in [0.2, 0.25) is 5.95 Å². The van der Waals surface area contributed by atoms with Crippen LogP contribution < -0.4 is 20.1 Å². The van der Waals surface area contributed by atoms with Gasteiger partial charge >= 0.3 is 0 Å². The first-order valence-corrected chi connectivity index (χ1v) is 11.8. The van der Waals surface area contributed by atoms with Gasteiger partial charge in [-0.1, -0.05) is 23.2 Å². The number of methoxy groups -OCH3 is 2. The van der Waals surface area contributed by atoms with Crippen molar-refractivity contribution in [2.45, 2.75) is 18.5 Å². The fourth-order valence-electron chi connectivity index (χ4n) is 4.26. The topological polar surface area (TPSA) is 93.7 Å². The second-order valence-electron chi connectivity index (χ2n) is 8.54. The molecule has 9 nitrogen and oxygen atoms in total. The summed E-state index contributed by atoms with van der Waals surface area (Å²) in [4.78, 5) is 16.5. The van der Waals surface area contributed by atoms with E-state index in [9.17, 15) is 0 Å². The monoisotopic (exact) mass is 504 g/mol. The third-order valence-electron chi connectivity index (χ3n) is 6.06. The lowest BCUT2D eigenvalue weighted by molar-refractivity contribution is 0.195. The molecule has 2 fully saturated rings. The van der Waals surface area contributed by atoms with E-state index in [1.807, 2.05) is 6.07 Å². The number of rotatable bonds is 7. The SMILES string of the molecule is COc1cc(OC)c(Cl)c(-c2cc3cnc(NC4CCOC4)nc3c(NC3CN(C)C3)n2)c1Cl. The summed E-state index contributed by atoms with van der Waals surface area (Å²) in [6.45, 7) is 3.21. The maximum Gasteiger partial charge on any atom is 0.223 e. The summed E-state index contributed by atoms with van der Waals surface area (Å²) in [6.07, 6.45) is 2.70. The maximum atomic E-state index is 6.68. The zero-order valence-corrected chi connectivity index (χ0v) is 20.7. The average Bonchev–Trinajstić information content (AvgIpc) is 3.32. The van der Waals surface area contributed by atoms with Crippen LogP contribution in [0.5, 0.6) is 11.5 Å². The number of hydrogen-bond acceptors (Lipinski definition) is 9. The molecule has 2 aromatic heterocycles. The fraction of sp³-hybridized carbons (Fsp3) is 0.435. The number of aromatic nitrogens is 3. The van der Waals surface area contributed by atoms with Crippen molar-refractivity contribution in [1.82, 2.24) is 19.9 Å². The number of pyridine rings is 1. The Balaban J connectivity index is 1.62. The molecule has 11 heteroatoms. The lowest BCUT2D eigenvalue weighted by atomic mass is 10.1. The van der Waals surface area contributed by atoms with Gasteiger partial charge in [-0.05, 0) is 19.5 Å². The first-order valence-electron chi connectivity index (χ1n) is 11.0. The molecule has 2 saturated heterocycles. The molecule has 1 aromatic carbocycles. The molecule has 2 aliphatic heterocycles. The van der Waals surface area contributed by atoms with Crippen molar-refractivity contribution in [2.24, 2.45) is 0 Å². The summed E-state index contributed by atoms with van der Waals surface area (Å²) in [6, 6.07) is 3.99. The smallest absolute Gasteiger partial charge is 0.223 e. The van der Waals surface area contributed by atoms with E-state index >= 15 is 0 Å². The second kappa shape index (κ2) is 9.58. The van der Waals surface area contributed by atoms with Crippen LogP contribution >= 0.6 is 23.2 Å². The van der Waals surface area contributed by atoms with Crippen LogP contribution in [0.4, 0.5) is 11.8 Å². The number of benzene rings is 1. The molecule has 0 amide bonds. The van der Waals surface area contributed by atoms with Crippen molar-refractivity contribution in [3.63, 3.8) is 0 Å². The molecule has 4 heterocycles. The molecule has 0 radical (unpaired) electrons. The minimum Gasteiger partial charge on any atom is -0.495 e. The number of nitrogens with one attached hydrogen (secondary N) is 2. The summed E-state index contributed by atoms with van der Waals surface area (Å²) < 4.78 is 16.3. The van der Waals surface area contributed by atoms with Gasteiger partial charge in [-0.3, -0.25) is 0 Å². The lowest BCUT2D eigenvalue weighted by Gasteiger charge is -2.37. The second-order valence-corrected chi connectivity index (χ2v) is 9.29. The molecule has 0 saturated carbocycles. The molecule has 180 valence electrons. The Bertz CT molecular complexity index is 1190. The van der Waals surface area contributed by atoms with Gasteiger partial charge in [0, 0.05) is 42.9 Å². The van der Waals surface area contributed by atoms with Crippen LogP contribution in [0.15, 0.2) is 18.3 Å². The molecule has 5 rings (SSSR count). The number of halogens is 2. The normalized spacial score (nSPS) is 18.7. The van der Waals surface area contributed by atoms with Gasteiger partial charge in [0.1, 0.15) is 17.0 Å². The van der Waals surface area contributed by atoms with Gasteiger partial charge < -0.3 is 29.7 Å². The Morgan fingerprint density at radius 2 is 1.76 bits per heavy atom. The minimum absolute atomic E-state index is 0.197. The molecule has 1 atom stereocenters. The number of hydrogen-bond donors (Lipinski definition) is 2. The average molecular weight is 505 g/mol. The zero-order valence-electron chi connectivity index (χ0n) is 19.2. The summed E-state index contributed by atoms with van der Waals surface area (Å²) in [5.41, 5.74) is 1.82. The Hall–Kier alpha value is -2.59. The Kier molecular flexibility index (Phi) is 6.52. The van der Waals surface area contributed by atoms with E-state index in [-0.39, 0.29) is 12.1 Å². The summed E-state index contributed by atoms with van der Waals surface area (Å²) in [5, 5.41) is 8.41. The molecule has 1 unspecified atom stereocenters. The van der Waals surface area contributed by atoms with Gasteiger partial charge in [-0.25, -0.2) is 15.0 Å². The Labute approximate surface area is 207 Å². The molecule has 0 spiro atoms. The number of likely N-dealkylation sites (tertiary alicyclic amines) is 1. The quantitative estimate of drug-likeness (QED) is 0.495. The van der Waals surface area contributed by atoms with Crippen molar-refractivity contribution < 1.29 is 14.2 Å². The maximum absolute atomic E-state index is 6.68. The molecule has 2 N–H and O–H groups in total. The van der Waals surface area contributed by atoms with Crippen molar-refractivity contribution >= 4 is 45.9 Å². The van der Waals surface area contributed by atoms with Gasteiger partial charge in [-0.15, -0.1) is 0 Å². The third-order valence-corrected chi connectivity index (χ3v) is 6.81. The number of ether oxygens (including phenoxy) is 3. The molecule has 0 aliphatic carbocycles. The van der Waals surface area contributed by atoms with Crippen LogP contribution in [0.25, 0.3) is 22.2 Å². The van der Waals surface area contributed by atoms with E-state index in [4.69, 9.17) is 47.4 Å². The molecule has 2 aliphatic rings. The first kappa shape index (κ1) is 23.2. The van der Waals surface area contributed by atoms with E-state index in [0.717, 1.165) is 37.0 Å². The van der Waals surface area contributed by atoms with Crippen molar-refractivity contribution in [2.75, 3.05) is 58.2 Å². The predicted octanol–water partition coefficient (Wildman–Crippen LogP) is 3.94. The van der Waals surface area contributed by atoms with Crippen molar-refractivity contribution in [3.8, 4) is 22.8 Å². The van der Waals surface area contributed by atoms with E-state index in [1.165, 1.54) is 0 Å². The number of fused-ring (bicyclic) bond motifs is 1. The highest BCUT2D eigenvalue weighted by Crippen LogP contribution is 2.46. The summed E-state index contributed by atoms with van der Waals surface area (Å²) in [5.74, 6) is 2.09. The molecule has 0 bridgehead atoms. The fourth-order valence-corrected chi connectivity index (χ4v) is 4.96. The summed E-state index contributed by atoms with van der Waals surface area (Å²) >= 11 is 13.4. The van der Waals surface area contributed by atoms with E-state index < -0.39 is 0 Å². The van der Waals surface area contributed by atoms with Gasteiger partial charge in [0.15, 0.2) is 5.82 Å². The zero-order chi connectivity index (χ0) is 23.8. The van der Waals surface area contributed by atoms with E-state index in [0.29, 0.717) is 51.2 Å². The lowest BCUT2D eigenvalue weighted by Crippen LogP contribution is -2.52. The molecule has 34 heavy (non-hydrogen) atoms. The van der Waals surface area contributed by atoms with E-state index in [2.05, 4.69) is 27.6 Å². The van der Waals surface area contributed by atoms with Crippen LogP contribution in [0.3, 0.4) is 0 Å².